The molecule has 0 aliphatic carbocycles. The number of phosphoric acid groups is 2. The Hall–Kier alpha value is -2.34. The van der Waals surface area contributed by atoms with Gasteiger partial charge < -0.3 is 84.9 Å². The molecule has 4 fully saturated rings. The molecule has 27 nitrogen and oxygen atoms in total. The first-order chi connectivity index (χ1) is 31.1. The van der Waals surface area contributed by atoms with E-state index in [1.54, 1.807) is 0 Å². The number of hydrogen-bond acceptors (Lipinski definition) is 21. The van der Waals surface area contributed by atoms with Crippen molar-refractivity contribution >= 4 is 39.3 Å². The van der Waals surface area contributed by atoms with Gasteiger partial charge in [0.25, 0.3) is 0 Å². The van der Waals surface area contributed by atoms with Crippen LogP contribution in [0.25, 0.3) is 0 Å². The largest absolute Gasteiger partial charge is 0.472 e. The van der Waals surface area contributed by atoms with Gasteiger partial charge in [-0.1, -0.05) is 0 Å². The van der Waals surface area contributed by atoms with Gasteiger partial charge in [0.1, 0.15) is 48.7 Å². The van der Waals surface area contributed by atoms with E-state index in [2.05, 4.69) is 15.2 Å². The van der Waals surface area contributed by atoms with Crippen molar-refractivity contribution in [3.05, 3.63) is 0 Å². The highest BCUT2D eigenvalue weighted by Gasteiger charge is 2.47. The summed E-state index contributed by atoms with van der Waals surface area (Å²) in [4.78, 5) is 73.2. The highest BCUT2D eigenvalue weighted by Crippen LogP contribution is 2.48. The minimum absolute atomic E-state index is 0.00174. The van der Waals surface area contributed by atoms with Gasteiger partial charge in [0.15, 0.2) is 12.6 Å². The van der Waals surface area contributed by atoms with Crippen molar-refractivity contribution in [2.24, 2.45) is 0 Å². The van der Waals surface area contributed by atoms with Crippen molar-refractivity contribution in [3.8, 4) is 0 Å². The van der Waals surface area contributed by atoms with Crippen LogP contribution in [0.2, 0.25) is 0 Å². The van der Waals surface area contributed by atoms with E-state index < -0.39 is 151 Å². The zero-order valence-corrected chi connectivity index (χ0v) is 38.7. The van der Waals surface area contributed by atoms with Crippen LogP contribution in [0.4, 0.5) is 0 Å². The Kier molecular flexibility index (Phi) is 22.2. The summed E-state index contributed by atoms with van der Waals surface area (Å²) in [6.07, 6.45) is -12.1. The number of likely N-dealkylation sites (tertiary alicyclic amines) is 2. The van der Waals surface area contributed by atoms with Crippen LogP contribution >= 0.6 is 15.6 Å². The molecule has 0 aromatic rings. The molecular weight excluding hydrogens is 930 g/mol. The van der Waals surface area contributed by atoms with Crippen LogP contribution in [0.15, 0.2) is 0 Å². The van der Waals surface area contributed by atoms with E-state index in [0.717, 1.165) is 7.11 Å². The number of carbonyl (C=O) groups excluding carboxylic acids is 4. The lowest BCUT2D eigenvalue weighted by Gasteiger charge is -2.42. The molecule has 0 aromatic carbocycles. The van der Waals surface area contributed by atoms with Gasteiger partial charge in [-0.25, -0.2) is 9.13 Å². The summed E-state index contributed by atoms with van der Waals surface area (Å²) < 4.78 is 67.9. The molecule has 16 atom stereocenters. The van der Waals surface area contributed by atoms with Crippen molar-refractivity contribution in [1.29, 1.82) is 0 Å². The Balaban J connectivity index is 1.25. The normalized spacial score (nSPS) is 34.4. The van der Waals surface area contributed by atoms with Gasteiger partial charge in [0.05, 0.1) is 50.7 Å². The predicted octanol–water partition coefficient (Wildman–Crippen LogP) is -3.92. The second-order valence-electron chi connectivity index (χ2n) is 16.5. The molecule has 29 heteroatoms. The Morgan fingerprint density at radius 2 is 1.09 bits per heavy atom. The molecule has 0 aromatic heterocycles. The first kappa shape index (κ1) is 56.2. The molecule has 0 spiro atoms. The van der Waals surface area contributed by atoms with Crippen molar-refractivity contribution in [1.82, 2.24) is 20.4 Å². The second kappa shape index (κ2) is 26.0. The molecule has 4 saturated heterocycles. The summed E-state index contributed by atoms with van der Waals surface area (Å²) in [5.41, 5.74) is 0. The Labute approximate surface area is 380 Å². The van der Waals surface area contributed by atoms with E-state index in [1.807, 2.05) is 0 Å². The number of carbonyl (C=O) groups is 4. The molecule has 4 rings (SSSR count). The molecule has 4 amide bonds. The third kappa shape index (κ3) is 16.4. The number of rotatable bonds is 25. The molecule has 0 saturated carbocycles. The van der Waals surface area contributed by atoms with Gasteiger partial charge >= 0.3 is 15.6 Å². The summed E-state index contributed by atoms with van der Waals surface area (Å²) in [5.74, 6) is -1.94. The summed E-state index contributed by atoms with van der Waals surface area (Å²) >= 11 is 0. The van der Waals surface area contributed by atoms with Crippen LogP contribution in [-0.2, 0) is 65.4 Å². The van der Waals surface area contributed by atoms with Gasteiger partial charge in [-0.15, -0.1) is 0 Å². The minimum Gasteiger partial charge on any atom is -0.394 e. The summed E-state index contributed by atoms with van der Waals surface area (Å²) in [5, 5.41) is 75.6. The predicted molar refractivity (Wildman–Crippen MR) is 220 cm³/mol. The van der Waals surface area contributed by atoms with E-state index in [0.29, 0.717) is 6.42 Å². The lowest BCUT2D eigenvalue weighted by Crippen LogP contribution is -2.64. The van der Waals surface area contributed by atoms with Crippen LogP contribution in [-0.4, -0.2) is 224 Å². The Morgan fingerprint density at radius 3 is 1.53 bits per heavy atom. The van der Waals surface area contributed by atoms with Crippen LogP contribution in [0.1, 0.15) is 65.2 Å². The highest BCUT2D eigenvalue weighted by atomic mass is 31.2. The molecule has 4 aliphatic heterocycles. The number of unbranched alkanes of at least 4 members (excludes halogenated alkanes) is 2. The third-order valence-electron chi connectivity index (χ3n) is 11.4. The van der Waals surface area contributed by atoms with Crippen LogP contribution in [0, 0.1) is 0 Å². The lowest BCUT2D eigenvalue weighted by molar-refractivity contribution is -0.270. The Bertz CT molecular complexity index is 1690. The molecule has 12 unspecified atom stereocenters. The average molecular weight is 997 g/mol. The van der Waals surface area contributed by atoms with E-state index in [-0.39, 0.29) is 71.2 Å². The van der Waals surface area contributed by atoms with Gasteiger partial charge in [0, 0.05) is 60.1 Å². The second-order valence-corrected chi connectivity index (χ2v) is 19.5. The van der Waals surface area contributed by atoms with Crippen molar-refractivity contribution in [3.63, 3.8) is 0 Å². The average Bonchev–Trinajstić information content (AvgIpc) is 3.85. The molecule has 4 aliphatic rings. The molecule has 11 N–H and O–H groups in total. The number of aliphatic hydroxyl groups excluding tert-OH is 7. The van der Waals surface area contributed by atoms with E-state index in [9.17, 15) is 73.8 Å². The van der Waals surface area contributed by atoms with Crippen LogP contribution in [0.5, 0.6) is 0 Å². The summed E-state index contributed by atoms with van der Waals surface area (Å²) in [6.45, 7) is -0.251. The number of phosphoric ester groups is 2. The molecule has 66 heavy (non-hydrogen) atoms. The maximum atomic E-state index is 13.4. The fourth-order valence-electron chi connectivity index (χ4n) is 8.07. The number of nitrogens with one attached hydrogen (secondary N) is 2. The topological polar surface area (TPSA) is 389 Å². The fourth-order valence-corrected chi connectivity index (χ4v) is 9.49. The van der Waals surface area contributed by atoms with E-state index >= 15 is 0 Å². The van der Waals surface area contributed by atoms with Crippen molar-refractivity contribution in [2.45, 2.75) is 151 Å². The maximum Gasteiger partial charge on any atom is 0.472 e. The molecule has 0 bridgehead atoms. The maximum absolute atomic E-state index is 13.4. The van der Waals surface area contributed by atoms with Crippen molar-refractivity contribution in [2.75, 3.05) is 59.8 Å². The smallest absolute Gasteiger partial charge is 0.394 e. The summed E-state index contributed by atoms with van der Waals surface area (Å²) in [6, 6.07) is -4.03. The number of aliphatic hydroxyl groups is 7. The van der Waals surface area contributed by atoms with E-state index in [1.165, 1.54) is 23.6 Å². The van der Waals surface area contributed by atoms with Gasteiger partial charge in [-0.05, 0) is 38.5 Å². The zero-order chi connectivity index (χ0) is 48.9. The van der Waals surface area contributed by atoms with Crippen LogP contribution < -0.4 is 10.6 Å². The highest BCUT2D eigenvalue weighted by molar-refractivity contribution is 7.47. The number of ether oxygens (including phenoxy) is 4. The quantitative estimate of drug-likeness (QED) is 0.0307. The van der Waals surface area contributed by atoms with Gasteiger partial charge in [0.2, 0.25) is 23.6 Å². The van der Waals surface area contributed by atoms with Crippen molar-refractivity contribution < 1.29 is 111 Å². The van der Waals surface area contributed by atoms with E-state index in [4.69, 9.17) is 32.5 Å². The first-order valence-corrected chi connectivity index (χ1v) is 24.6. The lowest BCUT2D eigenvalue weighted by atomic mass is 9.97. The monoisotopic (exact) mass is 996 g/mol. The molecule has 4 heterocycles. The Morgan fingerprint density at radius 1 is 0.652 bits per heavy atom. The molecular formula is C37H66N4O23P2. The number of amides is 4. The third-order valence-corrected chi connectivity index (χ3v) is 13.4. The zero-order valence-electron chi connectivity index (χ0n) is 36.9. The van der Waals surface area contributed by atoms with Crippen LogP contribution in [0.3, 0.4) is 0 Å². The fraction of sp³-hybridized carbons (Fsp3) is 0.892. The number of nitrogens with zero attached hydrogens (tertiary/aromatic N) is 2. The SMILES string of the molecule is COP(=O)(O)OC[C@@H]1C[C@@H](OP(=O)(O)OC[C@@H]2C[C@@H](O)CN2C(=O)CCCCOC2OC(CO)C(O)C(O)C2NC(C)=O)CN1C(=O)CCCCOC1OC(CO)C(O)C(O)C1NC(C)=O. The number of β-amino-alcohol motifs (C(OH)–C–C–N with tert-alkyl or cyclic N) is 1. The molecule has 0 radical (unpaired) electrons. The van der Waals surface area contributed by atoms with Gasteiger partial charge in [-0.2, -0.15) is 0 Å². The standard InChI is InChI=1S/C37H66N4O23P2/c1-20(44)38-30-34(51)32(49)26(16-42)62-36(30)58-10-6-4-8-28(47)40-14-24(46)12-22(40)18-61-66(55,56)64-25-13-23(19-60-65(53,54)57-3)41(15-25)29(48)9-5-7-11-59-37-31(39-21(2)45)35(52)33(50)27(17-43)63-37/h22-27,30-37,42-43,46,49-52H,4-19H2,1-3H3,(H,38,44)(H,39,45)(H,53,54)(H,55,56)/t22-,23-,24+,25+,26?,27?,30?,31?,32?,33?,34?,35?,36?,37?/m0/s1. The summed E-state index contributed by atoms with van der Waals surface area (Å²) in [7, 11) is -8.45. The first-order valence-electron chi connectivity index (χ1n) is 21.6. The number of hydrogen-bond donors (Lipinski definition) is 11. The minimum atomic E-state index is -4.89. The molecule has 382 valence electrons. The van der Waals surface area contributed by atoms with Gasteiger partial charge in [-0.3, -0.25) is 37.3 Å².